The van der Waals surface area contributed by atoms with Crippen molar-refractivity contribution in [2.24, 2.45) is 5.73 Å². The number of primary amides is 1. The molecule has 0 spiro atoms. The van der Waals surface area contributed by atoms with E-state index in [2.05, 4.69) is 15.9 Å². The Bertz CT molecular complexity index is 549. The van der Waals surface area contributed by atoms with Crippen LogP contribution < -0.4 is 11.5 Å². The lowest BCUT2D eigenvalue weighted by atomic mass is 10.1. The van der Waals surface area contributed by atoms with Gasteiger partial charge in [0.25, 0.3) is 5.91 Å². The Kier molecular flexibility index (Phi) is 2.70. The summed E-state index contributed by atoms with van der Waals surface area (Å²) in [6, 6.07) is 8.56. The van der Waals surface area contributed by atoms with Crippen molar-refractivity contribution in [2.75, 3.05) is 5.73 Å². The summed E-state index contributed by atoms with van der Waals surface area (Å²) in [6.45, 7) is 0. The Hall–Kier alpha value is -1.75. The third-order valence-corrected chi connectivity index (χ3v) is 2.76. The first kappa shape index (κ1) is 10.8. The highest BCUT2D eigenvalue weighted by Gasteiger charge is 2.11. The second-order valence-electron chi connectivity index (χ2n) is 3.27. The fraction of sp³-hybridized carbons (Fsp3) is 0. The van der Waals surface area contributed by atoms with Gasteiger partial charge >= 0.3 is 0 Å². The number of carbonyl (C=O) groups excluding carboxylic acids is 1. The molecule has 5 heteroatoms. The number of amides is 1. The average molecular weight is 281 g/mol. The number of furan rings is 1. The zero-order valence-electron chi connectivity index (χ0n) is 8.24. The van der Waals surface area contributed by atoms with E-state index < -0.39 is 5.91 Å². The van der Waals surface area contributed by atoms with Gasteiger partial charge in [-0.1, -0.05) is 0 Å². The first-order chi connectivity index (χ1) is 7.58. The molecule has 4 nitrogen and oxygen atoms in total. The minimum absolute atomic E-state index is 0.138. The number of hydrogen-bond donors (Lipinski definition) is 2. The average Bonchev–Trinajstić information content (AvgIpc) is 2.66. The van der Waals surface area contributed by atoms with Crippen molar-refractivity contribution in [3.05, 3.63) is 40.6 Å². The normalized spacial score (nSPS) is 10.3. The third kappa shape index (κ3) is 1.94. The number of rotatable bonds is 2. The van der Waals surface area contributed by atoms with Gasteiger partial charge < -0.3 is 15.9 Å². The second-order valence-corrected chi connectivity index (χ2v) is 4.12. The summed E-state index contributed by atoms with van der Waals surface area (Å²) in [4.78, 5) is 10.9. The molecule has 0 unspecified atom stereocenters. The van der Waals surface area contributed by atoms with Gasteiger partial charge in [0.05, 0.1) is 0 Å². The lowest BCUT2D eigenvalue weighted by molar-refractivity contribution is 0.0974. The van der Waals surface area contributed by atoms with Gasteiger partial charge in [0.1, 0.15) is 5.76 Å². The molecule has 0 aliphatic heterocycles. The second kappa shape index (κ2) is 4.02. The molecule has 1 aromatic carbocycles. The summed E-state index contributed by atoms with van der Waals surface area (Å²) in [5.41, 5.74) is 12.2. The van der Waals surface area contributed by atoms with E-state index in [1.54, 1.807) is 24.3 Å². The Morgan fingerprint density at radius 2 is 2.00 bits per heavy atom. The van der Waals surface area contributed by atoms with Gasteiger partial charge in [-0.3, -0.25) is 4.79 Å². The van der Waals surface area contributed by atoms with E-state index in [4.69, 9.17) is 15.9 Å². The van der Waals surface area contributed by atoms with Crippen LogP contribution in [-0.4, -0.2) is 5.91 Å². The number of hydrogen-bond acceptors (Lipinski definition) is 3. The molecule has 0 saturated carbocycles. The summed E-state index contributed by atoms with van der Waals surface area (Å²) >= 11 is 3.37. The summed E-state index contributed by atoms with van der Waals surface area (Å²) in [5, 5.41) is 0. The fourth-order valence-electron chi connectivity index (χ4n) is 1.35. The van der Waals surface area contributed by atoms with Crippen molar-refractivity contribution in [2.45, 2.75) is 0 Å². The lowest BCUT2D eigenvalue weighted by Crippen LogP contribution is -2.09. The first-order valence-electron chi connectivity index (χ1n) is 4.53. The van der Waals surface area contributed by atoms with Crippen LogP contribution in [0, 0.1) is 0 Å². The monoisotopic (exact) mass is 280 g/mol. The zero-order valence-corrected chi connectivity index (χ0v) is 9.82. The highest BCUT2D eigenvalue weighted by molar-refractivity contribution is 9.10. The fourth-order valence-corrected chi connectivity index (χ4v) is 1.94. The van der Waals surface area contributed by atoms with Gasteiger partial charge in [-0.2, -0.15) is 0 Å². The maximum atomic E-state index is 10.9. The molecule has 0 atom stereocenters. The molecular weight excluding hydrogens is 272 g/mol. The Morgan fingerprint density at radius 3 is 2.56 bits per heavy atom. The maximum Gasteiger partial charge on any atom is 0.284 e. The van der Waals surface area contributed by atoms with Gasteiger partial charge in [0, 0.05) is 15.7 Å². The molecule has 0 aliphatic carbocycles. The molecule has 1 aromatic heterocycles. The van der Waals surface area contributed by atoms with E-state index in [0.29, 0.717) is 11.4 Å². The molecule has 2 rings (SSSR count). The highest BCUT2D eigenvalue weighted by atomic mass is 79.9. The number of anilines is 1. The van der Waals surface area contributed by atoms with Crippen LogP contribution in [0.1, 0.15) is 10.6 Å². The number of nitrogen functional groups attached to an aromatic ring is 1. The molecular formula is C11H9BrN2O2. The molecule has 1 amide bonds. The minimum atomic E-state index is -0.585. The van der Waals surface area contributed by atoms with Crippen molar-refractivity contribution in [3.8, 4) is 11.3 Å². The summed E-state index contributed by atoms with van der Waals surface area (Å²) in [7, 11) is 0. The summed E-state index contributed by atoms with van der Waals surface area (Å²) in [6.07, 6.45) is 0. The first-order valence-corrected chi connectivity index (χ1v) is 5.32. The van der Waals surface area contributed by atoms with Crippen LogP contribution in [0.4, 0.5) is 5.69 Å². The largest absolute Gasteiger partial charge is 0.451 e. The van der Waals surface area contributed by atoms with Crippen LogP contribution in [0.5, 0.6) is 0 Å². The topological polar surface area (TPSA) is 82.2 Å². The highest BCUT2D eigenvalue weighted by Crippen LogP contribution is 2.31. The van der Waals surface area contributed by atoms with Crippen LogP contribution in [0.15, 0.2) is 39.2 Å². The molecule has 0 radical (unpaired) electrons. The zero-order chi connectivity index (χ0) is 11.7. The van der Waals surface area contributed by atoms with Crippen LogP contribution >= 0.6 is 15.9 Å². The van der Waals surface area contributed by atoms with E-state index >= 15 is 0 Å². The number of nitrogens with two attached hydrogens (primary N) is 2. The van der Waals surface area contributed by atoms with Crippen LogP contribution in [-0.2, 0) is 0 Å². The smallest absolute Gasteiger partial charge is 0.284 e. The number of halogens is 1. The molecule has 16 heavy (non-hydrogen) atoms. The van der Waals surface area contributed by atoms with E-state index in [1.165, 1.54) is 0 Å². The van der Waals surface area contributed by atoms with E-state index in [9.17, 15) is 4.79 Å². The Balaban J connectivity index is 2.46. The van der Waals surface area contributed by atoms with Gasteiger partial charge in [-0.25, -0.2) is 0 Å². The van der Waals surface area contributed by atoms with Gasteiger partial charge in [-0.15, -0.1) is 0 Å². The van der Waals surface area contributed by atoms with Gasteiger partial charge in [-0.05, 0) is 46.3 Å². The maximum absolute atomic E-state index is 10.9. The predicted molar refractivity (Wildman–Crippen MR) is 64.8 cm³/mol. The predicted octanol–water partition coefficient (Wildman–Crippen LogP) is 2.39. The molecule has 0 aliphatic rings. The molecule has 0 bridgehead atoms. The van der Waals surface area contributed by atoms with Crippen LogP contribution in [0.25, 0.3) is 11.3 Å². The van der Waals surface area contributed by atoms with E-state index in [-0.39, 0.29) is 5.76 Å². The summed E-state index contributed by atoms with van der Waals surface area (Å²) in [5.74, 6) is 0.122. The van der Waals surface area contributed by atoms with Crippen molar-refractivity contribution in [3.63, 3.8) is 0 Å². The minimum Gasteiger partial charge on any atom is -0.451 e. The standard InChI is InChI=1S/C11H9BrN2O2/c12-8-5-6(13)1-2-7(8)9-3-4-10(16-9)11(14)15/h1-5H,13H2,(H2,14,15). The van der Waals surface area contributed by atoms with Gasteiger partial charge in [0.15, 0.2) is 5.76 Å². The number of benzene rings is 1. The lowest BCUT2D eigenvalue weighted by Gasteiger charge is -2.01. The van der Waals surface area contributed by atoms with Crippen LogP contribution in [0.3, 0.4) is 0 Å². The molecule has 0 fully saturated rings. The van der Waals surface area contributed by atoms with Crippen molar-refractivity contribution in [1.82, 2.24) is 0 Å². The molecule has 1 heterocycles. The molecule has 2 aromatic rings. The quantitative estimate of drug-likeness (QED) is 0.829. The van der Waals surface area contributed by atoms with Gasteiger partial charge in [0.2, 0.25) is 0 Å². The Morgan fingerprint density at radius 1 is 1.25 bits per heavy atom. The Labute approximate surface area is 100 Å². The van der Waals surface area contributed by atoms with E-state index in [0.717, 1.165) is 10.0 Å². The summed E-state index contributed by atoms with van der Waals surface area (Å²) < 4.78 is 6.11. The SMILES string of the molecule is NC(=O)c1ccc(-c2ccc(N)cc2Br)o1. The molecule has 82 valence electrons. The molecule has 4 N–H and O–H groups in total. The third-order valence-electron chi connectivity index (χ3n) is 2.11. The van der Waals surface area contributed by atoms with Crippen molar-refractivity contribution in [1.29, 1.82) is 0 Å². The molecule has 0 saturated heterocycles. The van der Waals surface area contributed by atoms with E-state index in [1.807, 2.05) is 6.07 Å². The number of carbonyl (C=O) groups is 1. The van der Waals surface area contributed by atoms with Crippen molar-refractivity contribution >= 4 is 27.5 Å². The van der Waals surface area contributed by atoms with Crippen molar-refractivity contribution < 1.29 is 9.21 Å². The van der Waals surface area contributed by atoms with Crippen LogP contribution in [0.2, 0.25) is 0 Å².